The maximum absolute atomic E-state index is 12.3. The van der Waals surface area contributed by atoms with Crippen LogP contribution in [0.3, 0.4) is 0 Å². The van der Waals surface area contributed by atoms with Crippen molar-refractivity contribution in [2.75, 3.05) is 0 Å². The predicted octanol–water partition coefficient (Wildman–Crippen LogP) is 2.70. The number of ether oxygens (including phenoxy) is 2. The largest absolute Gasteiger partial charge is 0.458 e. The molecule has 3 unspecified atom stereocenters. The second-order valence-electron chi connectivity index (χ2n) is 7.65. The van der Waals surface area contributed by atoms with Crippen LogP contribution in [-0.2, 0) is 19.1 Å². The fraction of sp³-hybridized carbons (Fsp3) is 0.600. The zero-order valence-corrected chi connectivity index (χ0v) is 15.2. The van der Waals surface area contributed by atoms with E-state index >= 15 is 0 Å². The number of fused-ring (bicyclic) bond motifs is 3. The Labute approximate surface area is 148 Å². The van der Waals surface area contributed by atoms with Crippen molar-refractivity contribution in [3.8, 4) is 0 Å². The van der Waals surface area contributed by atoms with Crippen LogP contribution >= 0.6 is 0 Å². The molecule has 6 atom stereocenters. The molecule has 1 heterocycles. The fourth-order valence-electron chi connectivity index (χ4n) is 4.62. The Kier molecular flexibility index (Phi) is 4.40. The molecule has 3 rings (SSSR count). The predicted molar refractivity (Wildman–Crippen MR) is 92.4 cm³/mol. The van der Waals surface area contributed by atoms with Gasteiger partial charge in [0.1, 0.15) is 12.2 Å². The van der Waals surface area contributed by atoms with E-state index in [9.17, 15) is 14.7 Å². The van der Waals surface area contributed by atoms with Gasteiger partial charge in [0.05, 0.1) is 6.10 Å². The van der Waals surface area contributed by atoms with Crippen molar-refractivity contribution in [3.05, 3.63) is 35.5 Å². The van der Waals surface area contributed by atoms with Crippen LogP contribution in [0.4, 0.5) is 0 Å². The van der Waals surface area contributed by atoms with Crippen molar-refractivity contribution in [2.24, 2.45) is 17.3 Å². The molecule has 0 spiro atoms. The molecule has 0 amide bonds. The zero-order valence-electron chi connectivity index (χ0n) is 15.2. The number of carbonyl (C=O) groups is 2. The maximum atomic E-state index is 12.3. The minimum Gasteiger partial charge on any atom is -0.458 e. The highest BCUT2D eigenvalue weighted by atomic mass is 16.6. The maximum Gasteiger partial charge on any atom is 0.334 e. The summed E-state index contributed by atoms with van der Waals surface area (Å²) in [5.74, 6) is -1.14. The van der Waals surface area contributed by atoms with E-state index in [1.54, 1.807) is 19.9 Å². The van der Waals surface area contributed by atoms with E-state index < -0.39 is 17.6 Å². The van der Waals surface area contributed by atoms with Gasteiger partial charge in [0, 0.05) is 34.8 Å². The molecule has 2 fully saturated rings. The first kappa shape index (κ1) is 17.9. The van der Waals surface area contributed by atoms with Crippen LogP contribution in [0.2, 0.25) is 0 Å². The lowest BCUT2D eigenvalue weighted by molar-refractivity contribution is -0.187. The minimum atomic E-state index is -0.711. The summed E-state index contributed by atoms with van der Waals surface area (Å²) in [7, 11) is 0. The third kappa shape index (κ3) is 2.56. The monoisotopic (exact) mass is 346 g/mol. The van der Waals surface area contributed by atoms with Crippen LogP contribution < -0.4 is 0 Å². The van der Waals surface area contributed by atoms with Gasteiger partial charge in [-0.1, -0.05) is 31.2 Å². The molecule has 5 nitrogen and oxygen atoms in total. The van der Waals surface area contributed by atoms with E-state index in [0.29, 0.717) is 24.0 Å². The average molecular weight is 346 g/mol. The summed E-state index contributed by atoms with van der Waals surface area (Å²) < 4.78 is 11.4. The molecule has 1 saturated heterocycles. The summed E-state index contributed by atoms with van der Waals surface area (Å²) in [6.45, 7) is 11.3. The Morgan fingerprint density at radius 3 is 2.84 bits per heavy atom. The standard InChI is InChI=1S/C20H26O5/c1-6-10(2)18(22)24-15-8-7-11(3)16-17-13(12(4)19(23)25-17)9-14(21)20(15,16)5/h6-7,13-17,21H,4,8-9H2,1-3,5H3/b10-6-/t13?,14-,15?,16-,17+,20?/m1/s1. The summed E-state index contributed by atoms with van der Waals surface area (Å²) in [6.07, 6.45) is 3.15. The molecule has 1 N–H and O–H groups in total. The van der Waals surface area contributed by atoms with Gasteiger partial charge >= 0.3 is 11.9 Å². The molecule has 1 saturated carbocycles. The van der Waals surface area contributed by atoms with Gasteiger partial charge in [-0.3, -0.25) is 0 Å². The minimum absolute atomic E-state index is 0.185. The first-order chi connectivity index (χ1) is 11.7. The third-order valence-electron chi connectivity index (χ3n) is 6.39. The van der Waals surface area contributed by atoms with E-state index in [2.05, 4.69) is 6.58 Å². The zero-order chi connectivity index (χ0) is 18.5. The number of aliphatic hydroxyl groups is 1. The van der Waals surface area contributed by atoms with E-state index in [4.69, 9.17) is 9.47 Å². The van der Waals surface area contributed by atoms with Crippen LogP contribution in [0, 0.1) is 17.3 Å². The van der Waals surface area contributed by atoms with Crippen LogP contribution in [0.1, 0.15) is 40.5 Å². The SMILES string of the molecule is C=C1C(=O)O[C@H]2C1C[C@@H](O)C1(C)C(OC(=O)/C(C)=C\C)CC=C(C)[C@H]21. The van der Waals surface area contributed by atoms with Crippen molar-refractivity contribution in [1.29, 1.82) is 0 Å². The molecule has 0 aromatic heterocycles. The van der Waals surface area contributed by atoms with Crippen molar-refractivity contribution in [3.63, 3.8) is 0 Å². The number of allylic oxidation sites excluding steroid dienone is 1. The van der Waals surface area contributed by atoms with Gasteiger partial charge in [0.25, 0.3) is 0 Å². The number of rotatable bonds is 2. The average Bonchev–Trinajstić information content (AvgIpc) is 2.84. The van der Waals surface area contributed by atoms with Gasteiger partial charge in [0.2, 0.25) is 0 Å². The van der Waals surface area contributed by atoms with E-state index in [-0.39, 0.29) is 29.9 Å². The van der Waals surface area contributed by atoms with Gasteiger partial charge in [-0.25, -0.2) is 9.59 Å². The molecule has 25 heavy (non-hydrogen) atoms. The Hall–Kier alpha value is -1.88. The second kappa shape index (κ2) is 6.13. The Morgan fingerprint density at radius 2 is 2.20 bits per heavy atom. The van der Waals surface area contributed by atoms with E-state index in [1.807, 2.05) is 19.9 Å². The Bertz CT molecular complexity index is 688. The van der Waals surface area contributed by atoms with Crippen LogP contribution in [0.15, 0.2) is 35.5 Å². The molecular weight excluding hydrogens is 320 g/mol. The second-order valence-corrected chi connectivity index (χ2v) is 7.65. The van der Waals surface area contributed by atoms with E-state index in [1.165, 1.54) is 0 Å². The van der Waals surface area contributed by atoms with Crippen molar-refractivity contribution in [1.82, 2.24) is 0 Å². The molecule has 0 aromatic carbocycles. The number of hydrogen-bond acceptors (Lipinski definition) is 5. The lowest BCUT2D eigenvalue weighted by Gasteiger charge is -2.54. The van der Waals surface area contributed by atoms with Crippen molar-refractivity contribution < 1.29 is 24.2 Å². The van der Waals surface area contributed by atoms with Gasteiger partial charge < -0.3 is 14.6 Å². The lowest BCUT2D eigenvalue weighted by Crippen LogP contribution is -2.60. The van der Waals surface area contributed by atoms with Gasteiger partial charge in [-0.05, 0) is 27.2 Å². The van der Waals surface area contributed by atoms with Crippen molar-refractivity contribution in [2.45, 2.75) is 58.8 Å². The Balaban J connectivity index is 1.98. The normalized spacial score (nSPS) is 40.8. The lowest BCUT2D eigenvalue weighted by atomic mass is 9.54. The highest BCUT2D eigenvalue weighted by Gasteiger charge is 2.62. The smallest absolute Gasteiger partial charge is 0.334 e. The summed E-state index contributed by atoms with van der Waals surface area (Å²) in [6, 6.07) is 0. The first-order valence-corrected chi connectivity index (χ1v) is 8.80. The van der Waals surface area contributed by atoms with Crippen LogP contribution in [0.5, 0.6) is 0 Å². The number of hydrogen-bond donors (Lipinski definition) is 1. The molecule has 3 aliphatic rings. The molecule has 1 aliphatic heterocycles. The molecule has 0 aromatic rings. The fourth-order valence-corrected chi connectivity index (χ4v) is 4.62. The number of aliphatic hydroxyl groups excluding tert-OH is 1. The molecular formula is C20H26O5. The topological polar surface area (TPSA) is 72.8 Å². The summed E-state index contributed by atoms with van der Waals surface area (Å²) in [5.41, 5.74) is 1.33. The Morgan fingerprint density at radius 1 is 1.52 bits per heavy atom. The first-order valence-electron chi connectivity index (χ1n) is 8.80. The molecule has 5 heteroatoms. The van der Waals surface area contributed by atoms with Gasteiger partial charge in [-0.2, -0.15) is 0 Å². The number of esters is 2. The summed E-state index contributed by atoms with van der Waals surface area (Å²) in [4.78, 5) is 24.3. The third-order valence-corrected chi connectivity index (χ3v) is 6.39. The molecule has 2 aliphatic carbocycles. The highest BCUT2D eigenvalue weighted by Crippen LogP contribution is 2.57. The van der Waals surface area contributed by atoms with Crippen LogP contribution in [-0.4, -0.2) is 35.4 Å². The van der Waals surface area contributed by atoms with Gasteiger partial charge in [-0.15, -0.1) is 0 Å². The van der Waals surface area contributed by atoms with E-state index in [0.717, 1.165) is 5.57 Å². The van der Waals surface area contributed by atoms with Crippen molar-refractivity contribution >= 4 is 11.9 Å². The molecule has 0 radical (unpaired) electrons. The van der Waals surface area contributed by atoms with Crippen LogP contribution in [0.25, 0.3) is 0 Å². The quantitative estimate of drug-likeness (QED) is 0.473. The van der Waals surface area contributed by atoms with Gasteiger partial charge in [0.15, 0.2) is 0 Å². The molecule has 136 valence electrons. The highest BCUT2D eigenvalue weighted by molar-refractivity contribution is 5.91. The number of carbonyl (C=O) groups excluding carboxylic acids is 2. The summed E-state index contributed by atoms with van der Waals surface area (Å²) in [5, 5.41) is 11.0. The summed E-state index contributed by atoms with van der Waals surface area (Å²) >= 11 is 0. The molecule has 0 bridgehead atoms.